The van der Waals surface area contributed by atoms with Crippen LogP contribution in [0.15, 0.2) is 18.6 Å². The predicted molar refractivity (Wildman–Crippen MR) is 97.0 cm³/mol. The van der Waals surface area contributed by atoms with Gasteiger partial charge >= 0.3 is 0 Å². The molecule has 0 aliphatic heterocycles. The summed E-state index contributed by atoms with van der Waals surface area (Å²) in [6.45, 7) is 1.87. The zero-order valence-electron chi connectivity index (χ0n) is 14.3. The second-order valence-corrected chi connectivity index (χ2v) is 8.82. The van der Waals surface area contributed by atoms with E-state index in [-0.39, 0.29) is 12.3 Å². The van der Waals surface area contributed by atoms with Crippen LogP contribution in [0.5, 0.6) is 0 Å². The van der Waals surface area contributed by atoms with Crippen molar-refractivity contribution in [2.45, 2.75) is 51.5 Å². The molecule has 2 N–H and O–H groups in total. The number of nitrogens with zero attached hydrogens (tertiary/aromatic N) is 3. The van der Waals surface area contributed by atoms with Gasteiger partial charge in [-0.3, -0.25) is 4.40 Å². The molecule has 0 spiro atoms. The van der Waals surface area contributed by atoms with Crippen LogP contribution in [0.4, 0.5) is 0 Å². The number of aromatic nitrogens is 4. The van der Waals surface area contributed by atoms with Gasteiger partial charge in [0, 0.05) is 30.4 Å². The van der Waals surface area contributed by atoms with Gasteiger partial charge in [0.05, 0.1) is 23.2 Å². The molecule has 25 heavy (non-hydrogen) atoms. The number of aromatic amines is 1. The Morgan fingerprint density at radius 1 is 1.32 bits per heavy atom. The Kier molecular flexibility index (Phi) is 4.24. The maximum atomic E-state index is 11.7. The van der Waals surface area contributed by atoms with Gasteiger partial charge in [-0.1, -0.05) is 19.3 Å². The second-order valence-electron chi connectivity index (χ2n) is 6.72. The fourth-order valence-corrected chi connectivity index (χ4v) is 4.22. The molecule has 4 rings (SSSR count). The van der Waals surface area contributed by atoms with Gasteiger partial charge in [0.15, 0.2) is 11.3 Å². The molecule has 0 radical (unpaired) electrons. The number of hydrogen-bond acceptors (Lipinski definition) is 4. The smallest absolute Gasteiger partial charge is 0.211 e. The number of hydrogen-bond donors (Lipinski definition) is 2. The lowest BCUT2D eigenvalue weighted by molar-refractivity contribution is 0.438. The van der Waals surface area contributed by atoms with E-state index in [1.807, 2.05) is 10.6 Å². The summed E-state index contributed by atoms with van der Waals surface area (Å²) in [5.74, 6) is 0.588. The van der Waals surface area contributed by atoms with Gasteiger partial charge in [0.1, 0.15) is 0 Å². The first-order chi connectivity index (χ1) is 12.1. The van der Waals surface area contributed by atoms with Gasteiger partial charge in [-0.25, -0.2) is 23.1 Å². The Morgan fingerprint density at radius 3 is 2.88 bits per heavy atom. The van der Waals surface area contributed by atoms with E-state index in [0.29, 0.717) is 5.92 Å². The second kappa shape index (κ2) is 6.42. The van der Waals surface area contributed by atoms with E-state index in [1.165, 1.54) is 32.1 Å². The Hall–Kier alpha value is -1.93. The van der Waals surface area contributed by atoms with E-state index in [4.69, 9.17) is 4.98 Å². The summed E-state index contributed by atoms with van der Waals surface area (Å²) < 4.78 is 28.2. The minimum absolute atomic E-state index is 0.0694. The lowest BCUT2D eigenvalue weighted by atomic mass is 9.87. The normalized spacial score (nSPS) is 16.8. The van der Waals surface area contributed by atoms with Crippen LogP contribution in [-0.2, 0) is 16.6 Å². The first-order valence-corrected chi connectivity index (χ1v) is 10.5. The Bertz CT molecular complexity index is 999. The van der Waals surface area contributed by atoms with Crippen LogP contribution in [0.25, 0.3) is 16.8 Å². The molecule has 3 aromatic heterocycles. The van der Waals surface area contributed by atoms with Gasteiger partial charge in [-0.05, 0) is 19.8 Å². The number of fused-ring (bicyclic) bond motifs is 3. The van der Waals surface area contributed by atoms with Gasteiger partial charge in [-0.15, -0.1) is 0 Å². The largest absolute Gasteiger partial charge is 0.345 e. The third-order valence-corrected chi connectivity index (χ3v) is 6.44. The molecule has 1 aliphatic carbocycles. The predicted octanol–water partition coefficient (Wildman–Crippen LogP) is 2.70. The van der Waals surface area contributed by atoms with E-state index in [0.717, 1.165) is 28.1 Å². The molecule has 3 aromatic rings. The third kappa shape index (κ3) is 3.16. The quantitative estimate of drug-likeness (QED) is 0.731. The maximum absolute atomic E-state index is 11.7. The van der Waals surface area contributed by atoms with Crippen LogP contribution < -0.4 is 4.72 Å². The molecule has 0 atom stereocenters. The Morgan fingerprint density at radius 2 is 2.12 bits per heavy atom. The number of rotatable bonds is 5. The summed E-state index contributed by atoms with van der Waals surface area (Å²) in [7, 11) is -3.24. The first-order valence-electron chi connectivity index (χ1n) is 8.88. The highest BCUT2D eigenvalue weighted by Crippen LogP contribution is 2.32. The van der Waals surface area contributed by atoms with E-state index < -0.39 is 10.0 Å². The average molecular weight is 361 g/mol. The van der Waals surface area contributed by atoms with Gasteiger partial charge in [0.2, 0.25) is 10.0 Å². The summed E-state index contributed by atoms with van der Waals surface area (Å²) in [6, 6.07) is 0. The van der Waals surface area contributed by atoms with Crippen LogP contribution in [0, 0.1) is 0 Å². The fraction of sp³-hybridized carbons (Fsp3) is 0.529. The summed E-state index contributed by atoms with van der Waals surface area (Å²) in [5.41, 5.74) is 4.44. The number of H-pyrrole nitrogens is 1. The molecule has 134 valence electrons. The Labute approximate surface area is 146 Å². The van der Waals surface area contributed by atoms with Crippen molar-refractivity contribution in [1.82, 2.24) is 24.1 Å². The van der Waals surface area contributed by atoms with Gasteiger partial charge < -0.3 is 4.98 Å². The van der Waals surface area contributed by atoms with Crippen molar-refractivity contribution in [3.05, 3.63) is 29.8 Å². The molecule has 0 bridgehead atoms. The molecule has 1 saturated carbocycles. The van der Waals surface area contributed by atoms with Crippen molar-refractivity contribution in [2.24, 2.45) is 0 Å². The van der Waals surface area contributed by atoms with E-state index in [1.54, 1.807) is 13.1 Å². The molecule has 1 aliphatic rings. The van der Waals surface area contributed by atoms with Crippen molar-refractivity contribution in [2.75, 3.05) is 5.75 Å². The summed E-state index contributed by atoms with van der Waals surface area (Å²) >= 11 is 0. The molecular weight excluding hydrogens is 338 g/mol. The van der Waals surface area contributed by atoms with Crippen LogP contribution in [0.2, 0.25) is 0 Å². The Balaban J connectivity index is 1.74. The van der Waals surface area contributed by atoms with Crippen LogP contribution in [0.3, 0.4) is 0 Å². The van der Waals surface area contributed by atoms with E-state index in [9.17, 15) is 8.42 Å². The highest BCUT2D eigenvalue weighted by molar-refractivity contribution is 7.89. The molecule has 1 fully saturated rings. The van der Waals surface area contributed by atoms with Crippen LogP contribution in [0.1, 0.15) is 56.2 Å². The monoisotopic (exact) mass is 361 g/mol. The standard InChI is InChI=1S/C17H23N5O2S/c1-2-25(23,24)20-9-13-8-18-17-16(13)22-11-14(21-15(22)10-19-17)12-6-4-3-5-7-12/h8,10-12,18,20H,2-7,9H2,1H3. The van der Waals surface area contributed by atoms with E-state index in [2.05, 4.69) is 20.9 Å². The average Bonchev–Trinajstić information content (AvgIpc) is 3.24. The number of nitrogens with one attached hydrogen (secondary N) is 2. The molecule has 0 aromatic carbocycles. The molecule has 8 heteroatoms. The molecule has 7 nitrogen and oxygen atoms in total. The van der Waals surface area contributed by atoms with Crippen LogP contribution >= 0.6 is 0 Å². The lowest BCUT2D eigenvalue weighted by Gasteiger charge is -2.19. The van der Waals surface area contributed by atoms with Crippen molar-refractivity contribution >= 4 is 26.8 Å². The van der Waals surface area contributed by atoms with Crippen molar-refractivity contribution in [3.63, 3.8) is 0 Å². The minimum Gasteiger partial charge on any atom is -0.345 e. The van der Waals surface area contributed by atoms with E-state index >= 15 is 0 Å². The summed E-state index contributed by atoms with van der Waals surface area (Å²) in [4.78, 5) is 12.3. The van der Waals surface area contributed by atoms with Crippen molar-refractivity contribution in [1.29, 1.82) is 0 Å². The van der Waals surface area contributed by atoms with Crippen molar-refractivity contribution in [3.8, 4) is 0 Å². The molecular formula is C17H23N5O2S. The highest BCUT2D eigenvalue weighted by Gasteiger charge is 2.20. The zero-order valence-corrected chi connectivity index (χ0v) is 15.1. The van der Waals surface area contributed by atoms with Crippen LogP contribution in [-0.4, -0.2) is 33.5 Å². The minimum atomic E-state index is -3.24. The third-order valence-electron chi connectivity index (χ3n) is 5.10. The van der Waals surface area contributed by atoms with Gasteiger partial charge in [0.25, 0.3) is 0 Å². The fourth-order valence-electron chi connectivity index (χ4n) is 3.64. The summed E-state index contributed by atoms with van der Waals surface area (Å²) in [5, 5.41) is 0. The molecule has 0 amide bonds. The van der Waals surface area contributed by atoms with Crippen molar-refractivity contribution < 1.29 is 8.42 Å². The molecule has 0 saturated heterocycles. The molecule has 0 unspecified atom stereocenters. The SMILES string of the molecule is CCS(=O)(=O)NCc1c[nH]c2ncc3nc(C4CCCCC4)cn3c12. The topological polar surface area (TPSA) is 92.1 Å². The summed E-state index contributed by atoms with van der Waals surface area (Å²) in [6.07, 6.45) is 11.9. The zero-order chi connectivity index (χ0) is 17.4. The van der Waals surface area contributed by atoms with Gasteiger partial charge in [-0.2, -0.15) is 0 Å². The lowest BCUT2D eigenvalue weighted by Crippen LogP contribution is -2.24. The first kappa shape index (κ1) is 16.5. The molecule has 3 heterocycles. The highest BCUT2D eigenvalue weighted by atomic mass is 32.2. The number of sulfonamides is 1. The maximum Gasteiger partial charge on any atom is 0.211 e. The number of imidazole rings is 1.